The Balaban J connectivity index is 1.25. The molecule has 0 radical (unpaired) electrons. The summed E-state index contributed by atoms with van der Waals surface area (Å²) in [6.45, 7) is 1.85. The molecular formula is C21H21F3N4O3. The van der Waals surface area contributed by atoms with Gasteiger partial charge in [-0.1, -0.05) is 6.07 Å². The van der Waals surface area contributed by atoms with E-state index in [4.69, 9.17) is 4.74 Å². The van der Waals surface area contributed by atoms with Gasteiger partial charge in [-0.15, -0.1) is 0 Å². The van der Waals surface area contributed by atoms with E-state index >= 15 is 0 Å². The molecule has 0 atom stereocenters. The van der Waals surface area contributed by atoms with Crippen molar-refractivity contribution in [2.75, 3.05) is 39.3 Å². The van der Waals surface area contributed by atoms with E-state index in [2.05, 4.69) is 4.98 Å². The van der Waals surface area contributed by atoms with E-state index in [9.17, 15) is 22.8 Å². The number of nitrogens with zero attached hydrogens (tertiary/aromatic N) is 4. The Morgan fingerprint density at radius 1 is 0.935 bits per heavy atom. The van der Waals surface area contributed by atoms with Crippen LogP contribution in [0, 0.1) is 0 Å². The van der Waals surface area contributed by atoms with Crippen molar-refractivity contribution < 1.29 is 27.5 Å². The van der Waals surface area contributed by atoms with Gasteiger partial charge in [0.05, 0.1) is 0 Å². The zero-order chi connectivity index (χ0) is 22.0. The lowest BCUT2D eigenvalue weighted by Gasteiger charge is -2.48. The van der Waals surface area contributed by atoms with Crippen molar-refractivity contribution in [2.24, 2.45) is 0 Å². The predicted octanol–water partition coefficient (Wildman–Crippen LogP) is 2.40. The highest BCUT2D eigenvalue weighted by Crippen LogP contribution is 2.24. The SMILES string of the molecule is O=C(c1ccc(Oc2ccccn2)cc1)N1CC(N2CCN(C(=O)C(F)(F)F)CC2)C1. The Kier molecular flexibility index (Phi) is 5.81. The number of rotatable bonds is 4. The van der Waals surface area contributed by atoms with Gasteiger partial charge in [-0.3, -0.25) is 14.5 Å². The van der Waals surface area contributed by atoms with Crippen molar-refractivity contribution in [2.45, 2.75) is 12.2 Å². The third kappa shape index (κ3) is 4.79. The molecule has 1 aromatic carbocycles. The molecule has 2 aliphatic heterocycles. The number of hydrogen-bond acceptors (Lipinski definition) is 5. The van der Waals surface area contributed by atoms with Gasteiger partial charge in [-0.25, -0.2) is 4.98 Å². The Bertz CT molecular complexity index is 923. The van der Waals surface area contributed by atoms with Crippen LogP contribution in [0.25, 0.3) is 0 Å². The molecule has 2 amide bonds. The standard InChI is InChI=1S/C21H21F3N4O3/c22-21(23,24)20(30)27-11-9-26(10-12-27)16-13-28(14-16)19(29)15-4-6-17(7-5-15)31-18-3-1-2-8-25-18/h1-8,16H,9-14H2. The van der Waals surface area contributed by atoms with Gasteiger partial charge in [0.25, 0.3) is 5.91 Å². The molecule has 2 aromatic rings. The number of aromatic nitrogens is 1. The molecule has 2 saturated heterocycles. The summed E-state index contributed by atoms with van der Waals surface area (Å²) < 4.78 is 43.2. The zero-order valence-corrected chi connectivity index (χ0v) is 16.6. The summed E-state index contributed by atoms with van der Waals surface area (Å²) in [5.74, 6) is -0.855. The van der Waals surface area contributed by atoms with Crippen molar-refractivity contribution in [1.82, 2.24) is 19.7 Å². The number of hydrogen-bond donors (Lipinski definition) is 0. The Morgan fingerprint density at radius 3 is 2.19 bits per heavy atom. The second-order valence-electron chi connectivity index (χ2n) is 7.48. The number of amides is 2. The highest BCUT2D eigenvalue weighted by Gasteiger charge is 2.44. The molecular weight excluding hydrogens is 413 g/mol. The van der Waals surface area contributed by atoms with Crippen LogP contribution in [0.4, 0.5) is 13.2 Å². The third-order valence-electron chi connectivity index (χ3n) is 5.47. The molecule has 3 heterocycles. The highest BCUT2D eigenvalue weighted by atomic mass is 19.4. The first kappa shape index (κ1) is 21.1. The normalized spacial score (nSPS) is 17.9. The van der Waals surface area contributed by atoms with Gasteiger partial charge < -0.3 is 14.5 Å². The average Bonchev–Trinajstić information content (AvgIpc) is 2.73. The second-order valence-corrected chi connectivity index (χ2v) is 7.48. The molecule has 1 aromatic heterocycles. The van der Waals surface area contributed by atoms with Crippen LogP contribution >= 0.6 is 0 Å². The Morgan fingerprint density at radius 2 is 1.61 bits per heavy atom. The zero-order valence-electron chi connectivity index (χ0n) is 16.6. The molecule has 2 fully saturated rings. The summed E-state index contributed by atoms with van der Waals surface area (Å²) in [4.78, 5) is 32.6. The molecule has 7 nitrogen and oxygen atoms in total. The molecule has 2 aliphatic rings. The van der Waals surface area contributed by atoms with E-state index in [1.54, 1.807) is 47.5 Å². The lowest BCUT2D eigenvalue weighted by molar-refractivity contribution is -0.187. The molecule has 0 N–H and O–H groups in total. The van der Waals surface area contributed by atoms with Gasteiger partial charge in [-0.05, 0) is 30.3 Å². The van der Waals surface area contributed by atoms with E-state index in [-0.39, 0.29) is 25.0 Å². The topological polar surface area (TPSA) is 66.0 Å². The number of likely N-dealkylation sites (tertiary alicyclic amines) is 1. The van der Waals surface area contributed by atoms with Crippen LogP contribution in [0.5, 0.6) is 11.6 Å². The van der Waals surface area contributed by atoms with Crippen LogP contribution in [-0.4, -0.2) is 83.0 Å². The van der Waals surface area contributed by atoms with Crippen LogP contribution in [0.3, 0.4) is 0 Å². The highest BCUT2D eigenvalue weighted by molar-refractivity contribution is 5.95. The molecule has 164 valence electrons. The van der Waals surface area contributed by atoms with Crippen molar-refractivity contribution in [3.8, 4) is 11.6 Å². The maximum absolute atomic E-state index is 12.7. The second kappa shape index (κ2) is 8.54. The lowest BCUT2D eigenvalue weighted by Crippen LogP contribution is -2.65. The number of carbonyl (C=O) groups excluding carboxylic acids is 2. The monoisotopic (exact) mass is 434 g/mol. The van der Waals surface area contributed by atoms with Crippen molar-refractivity contribution in [1.29, 1.82) is 0 Å². The first-order valence-corrected chi connectivity index (χ1v) is 9.89. The number of ether oxygens (including phenoxy) is 1. The lowest BCUT2D eigenvalue weighted by atomic mass is 10.0. The quantitative estimate of drug-likeness (QED) is 0.740. The summed E-state index contributed by atoms with van der Waals surface area (Å²) >= 11 is 0. The minimum absolute atomic E-state index is 0.0422. The van der Waals surface area contributed by atoms with E-state index in [1.165, 1.54) is 0 Å². The fourth-order valence-electron chi connectivity index (χ4n) is 3.70. The van der Waals surface area contributed by atoms with Crippen LogP contribution in [0.1, 0.15) is 10.4 Å². The van der Waals surface area contributed by atoms with E-state index in [0.29, 0.717) is 43.4 Å². The molecule has 0 aliphatic carbocycles. The molecule has 31 heavy (non-hydrogen) atoms. The van der Waals surface area contributed by atoms with Gasteiger partial charge in [0.2, 0.25) is 5.88 Å². The number of benzene rings is 1. The molecule has 0 bridgehead atoms. The number of piperazine rings is 1. The third-order valence-corrected chi connectivity index (χ3v) is 5.47. The number of halogens is 3. The molecule has 4 rings (SSSR count). The number of pyridine rings is 1. The smallest absolute Gasteiger partial charge is 0.439 e. The van der Waals surface area contributed by atoms with Gasteiger partial charge in [0.1, 0.15) is 5.75 Å². The summed E-state index contributed by atoms with van der Waals surface area (Å²) in [6.07, 6.45) is -3.21. The van der Waals surface area contributed by atoms with Crippen LogP contribution in [-0.2, 0) is 4.79 Å². The van der Waals surface area contributed by atoms with Crippen LogP contribution < -0.4 is 4.74 Å². The maximum Gasteiger partial charge on any atom is 0.471 e. The predicted molar refractivity (Wildman–Crippen MR) is 105 cm³/mol. The first-order valence-electron chi connectivity index (χ1n) is 9.89. The van der Waals surface area contributed by atoms with E-state index in [1.807, 2.05) is 11.0 Å². The fraction of sp³-hybridized carbons (Fsp3) is 0.381. The molecule has 0 unspecified atom stereocenters. The van der Waals surface area contributed by atoms with E-state index < -0.39 is 12.1 Å². The molecule has 10 heteroatoms. The van der Waals surface area contributed by atoms with Gasteiger partial charge in [0.15, 0.2) is 0 Å². The minimum atomic E-state index is -4.83. The first-order chi connectivity index (χ1) is 14.8. The fourth-order valence-corrected chi connectivity index (χ4v) is 3.70. The number of carbonyl (C=O) groups is 2. The Labute approximate surface area is 177 Å². The number of alkyl halides is 3. The summed E-state index contributed by atoms with van der Waals surface area (Å²) in [6, 6.07) is 12.2. The summed E-state index contributed by atoms with van der Waals surface area (Å²) in [7, 11) is 0. The Hall–Kier alpha value is -3.14. The van der Waals surface area contributed by atoms with Crippen molar-refractivity contribution >= 4 is 11.8 Å². The van der Waals surface area contributed by atoms with Crippen molar-refractivity contribution in [3.05, 3.63) is 54.2 Å². The van der Waals surface area contributed by atoms with Crippen molar-refractivity contribution in [3.63, 3.8) is 0 Å². The summed E-state index contributed by atoms with van der Waals surface area (Å²) in [5.41, 5.74) is 0.535. The average molecular weight is 434 g/mol. The summed E-state index contributed by atoms with van der Waals surface area (Å²) in [5, 5.41) is 0. The van der Waals surface area contributed by atoms with Gasteiger partial charge >= 0.3 is 12.1 Å². The van der Waals surface area contributed by atoms with Crippen LogP contribution in [0.2, 0.25) is 0 Å². The van der Waals surface area contributed by atoms with Gasteiger partial charge in [0, 0.05) is 63.1 Å². The van der Waals surface area contributed by atoms with Gasteiger partial charge in [-0.2, -0.15) is 13.2 Å². The van der Waals surface area contributed by atoms with E-state index in [0.717, 1.165) is 4.90 Å². The van der Waals surface area contributed by atoms with Crippen LogP contribution in [0.15, 0.2) is 48.7 Å². The largest absolute Gasteiger partial charge is 0.471 e. The molecule has 0 spiro atoms. The molecule has 0 saturated carbocycles. The maximum atomic E-state index is 12.7. The minimum Gasteiger partial charge on any atom is -0.439 e.